The van der Waals surface area contributed by atoms with E-state index in [0.717, 1.165) is 32.2 Å². The molecular formula is C25H29NO2. The van der Waals surface area contributed by atoms with Gasteiger partial charge in [-0.05, 0) is 48.9 Å². The quantitative estimate of drug-likeness (QED) is 0.855. The average Bonchev–Trinajstić information content (AvgIpc) is 2.73. The van der Waals surface area contributed by atoms with E-state index in [2.05, 4.69) is 66.8 Å². The second-order valence-electron chi connectivity index (χ2n) is 8.73. The molecule has 2 bridgehead atoms. The van der Waals surface area contributed by atoms with E-state index < -0.39 is 0 Å². The lowest BCUT2D eigenvalue weighted by atomic mass is 9.49. The minimum absolute atomic E-state index is 0.0569. The van der Waals surface area contributed by atoms with Crippen LogP contribution in [0.15, 0.2) is 54.6 Å². The summed E-state index contributed by atoms with van der Waals surface area (Å²) in [5, 5.41) is 3.79. The predicted molar refractivity (Wildman–Crippen MR) is 110 cm³/mol. The minimum atomic E-state index is -0.315. The molecule has 2 aliphatic carbocycles. The van der Waals surface area contributed by atoms with Crippen molar-refractivity contribution in [2.45, 2.75) is 68.6 Å². The molecule has 1 heterocycles. The zero-order chi connectivity index (χ0) is 19.2. The van der Waals surface area contributed by atoms with E-state index in [9.17, 15) is 4.79 Å². The van der Waals surface area contributed by atoms with Crippen molar-refractivity contribution in [2.24, 2.45) is 0 Å². The summed E-state index contributed by atoms with van der Waals surface area (Å²) in [6, 6.07) is 19.6. The second kappa shape index (κ2) is 6.82. The van der Waals surface area contributed by atoms with Gasteiger partial charge in [-0.3, -0.25) is 4.79 Å². The first kappa shape index (κ1) is 18.1. The Morgan fingerprint density at radius 1 is 1.11 bits per heavy atom. The highest BCUT2D eigenvalue weighted by atomic mass is 16.5. The number of fused-ring (bicyclic) bond motifs is 1. The van der Waals surface area contributed by atoms with E-state index in [1.54, 1.807) is 0 Å². The minimum Gasteiger partial charge on any atom is -0.364 e. The number of carbonyl (C=O) groups excluding carboxylic acids is 1. The van der Waals surface area contributed by atoms with E-state index in [0.29, 0.717) is 18.6 Å². The number of benzene rings is 2. The molecule has 0 radical (unpaired) electrons. The highest BCUT2D eigenvalue weighted by Gasteiger charge is 2.64. The van der Waals surface area contributed by atoms with Gasteiger partial charge in [-0.15, -0.1) is 0 Å². The molecule has 3 aliphatic rings. The van der Waals surface area contributed by atoms with Crippen LogP contribution in [0, 0.1) is 0 Å². The van der Waals surface area contributed by atoms with Crippen LogP contribution in [-0.4, -0.2) is 24.0 Å². The van der Waals surface area contributed by atoms with E-state index in [-0.39, 0.29) is 23.2 Å². The van der Waals surface area contributed by atoms with Crippen molar-refractivity contribution in [3.63, 3.8) is 0 Å². The predicted octanol–water partition coefficient (Wildman–Crippen LogP) is 4.50. The van der Waals surface area contributed by atoms with Crippen LogP contribution in [0.1, 0.15) is 61.8 Å². The maximum Gasteiger partial charge on any atom is 0.134 e. The molecule has 1 saturated carbocycles. The fourth-order valence-electron chi connectivity index (χ4n) is 6.21. The summed E-state index contributed by atoms with van der Waals surface area (Å²) >= 11 is 0. The molecule has 146 valence electrons. The number of nitrogens with one attached hydrogen (secondary N) is 1. The van der Waals surface area contributed by atoms with Crippen molar-refractivity contribution in [3.05, 3.63) is 71.3 Å². The molecule has 5 rings (SSSR count). The Kier molecular flexibility index (Phi) is 4.41. The van der Waals surface area contributed by atoms with Gasteiger partial charge < -0.3 is 10.1 Å². The van der Waals surface area contributed by atoms with Gasteiger partial charge in [-0.25, -0.2) is 0 Å². The van der Waals surface area contributed by atoms with E-state index in [1.807, 2.05) is 0 Å². The number of rotatable bonds is 4. The van der Waals surface area contributed by atoms with Gasteiger partial charge in [0.05, 0.1) is 11.7 Å². The smallest absolute Gasteiger partial charge is 0.134 e. The Morgan fingerprint density at radius 3 is 2.71 bits per heavy atom. The van der Waals surface area contributed by atoms with Crippen molar-refractivity contribution in [2.75, 3.05) is 6.54 Å². The molecule has 0 aromatic heterocycles. The van der Waals surface area contributed by atoms with Crippen LogP contribution < -0.4 is 5.32 Å². The molecule has 2 aromatic carbocycles. The van der Waals surface area contributed by atoms with Gasteiger partial charge in [0.1, 0.15) is 5.78 Å². The van der Waals surface area contributed by atoms with Crippen LogP contribution in [0.25, 0.3) is 0 Å². The first-order valence-electron chi connectivity index (χ1n) is 10.7. The molecule has 1 unspecified atom stereocenters. The van der Waals surface area contributed by atoms with Gasteiger partial charge in [0.25, 0.3) is 0 Å². The molecule has 3 nitrogen and oxygen atoms in total. The zero-order valence-corrected chi connectivity index (χ0v) is 16.6. The molecular weight excluding hydrogens is 346 g/mol. The number of carbonyl (C=O) groups is 1. The summed E-state index contributed by atoms with van der Waals surface area (Å²) in [6.07, 6.45) is 5.02. The Balaban J connectivity index is 1.64. The van der Waals surface area contributed by atoms with Crippen LogP contribution in [0.4, 0.5) is 0 Å². The third kappa shape index (κ3) is 2.53. The van der Waals surface area contributed by atoms with Crippen LogP contribution >= 0.6 is 0 Å². The summed E-state index contributed by atoms with van der Waals surface area (Å²) in [6.45, 7) is 3.16. The standard InChI is InChI=1S/C25H29NO2/c1-2-22(18-8-4-3-5-9-18)28-25-13-12-20(27)17-24(25)14-15-26-23(25)16-19-10-6-7-11-21(19)24/h3-11,22-23,26H,2,12-17H2,1H3/t22?,23-,24-,25-/m1/s1. The number of hydrogen-bond acceptors (Lipinski definition) is 3. The summed E-state index contributed by atoms with van der Waals surface area (Å²) in [5.41, 5.74) is 3.48. The number of ketones is 1. The molecule has 4 atom stereocenters. The van der Waals surface area contributed by atoms with Crippen LogP contribution in [-0.2, 0) is 21.4 Å². The number of Topliss-reactive ketones (excluding diaryl/α,β-unsaturated/α-hetero) is 1. The summed E-state index contributed by atoms with van der Waals surface area (Å²) in [5.74, 6) is 0.393. The van der Waals surface area contributed by atoms with E-state index in [4.69, 9.17) is 4.74 Å². The largest absolute Gasteiger partial charge is 0.364 e. The highest BCUT2D eigenvalue weighted by Crippen LogP contribution is 2.58. The highest BCUT2D eigenvalue weighted by molar-refractivity contribution is 5.82. The molecule has 0 amide bonds. The average molecular weight is 376 g/mol. The monoisotopic (exact) mass is 375 g/mol. The van der Waals surface area contributed by atoms with Gasteiger partial charge in [0, 0.05) is 24.3 Å². The fraction of sp³-hybridized carbons (Fsp3) is 0.480. The molecule has 1 saturated heterocycles. The third-order valence-electron chi connectivity index (χ3n) is 7.44. The Morgan fingerprint density at radius 2 is 1.89 bits per heavy atom. The van der Waals surface area contributed by atoms with Crippen LogP contribution in [0.2, 0.25) is 0 Å². The Hall–Kier alpha value is -1.97. The SMILES string of the molecule is CCC(O[C@@]12CCC(=O)C[C@@]13CCN[C@@H]2Cc1ccccc13)c1ccccc1. The van der Waals surface area contributed by atoms with E-state index in [1.165, 1.54) is 16.7 Å². The maximum absolute atomic E-state index is 12.7. The van der Waals surface area contributed by atoms with Crippen molar-refractivity contribution in [1.82, 2.24) is 5.32 Å². The van der Waals surface area contributed by atoms with Gasteiger partial charge in [-0.2, -0.15) is 0 Å². The van der Waals surface area contributed by atoms with Crippen molar-refractivity contribution < 1.29 is 9.53 Å². The molecule has 3 heteroatoms. The molecule has 28 heavy (non-hydrogen) atoms. The Labute approximate surface area is 167 Å². The molecule has 1 aliphatic heterocycles. The van der Waals surface area contributed by atoms with Crippen molar-refractivity contribution in [1.29, 1.82) is 0 Å². The number of piperidine rings is 1. The summed E-state index contributed by atoms with van der Waals surface area (Å²) in [7, 11) is 0. The normalized spacial score (nSPS) is 32.3. The van der Waals surface area contributed by atoms with Crippen LogP contribution in [0.3, 0.4) is 0 Å². The van der Waals surface area contributed by atoms with Crippen LogP contribution in [0.5, 0.6) is 0 Å². The molecule has 1 N–H and O–H groups in total. The third-order valence-corrected chi connectivity index (χ3v) is 7.44. The summed E-state index contributed by atoms with van der Waals surface area (Å²) < 4.78 is 7.17. The fourth-order valence-corrected chi connectivity index (χ4v) is 6.21. The number of hydrogen-bond donors (Lipinski definition) is 1. The lowest BCUT2D eigenvalue weighted by Gasteiger charge is -2.63. The van der Waals surface area contributed by atoms with Gasteiger partial charge in [0.15, 0.2) is 0 Å². The zero-order valence-electron chi connectivity index (χ0n) is 16.6. The summed E-state index contributed by atoms with van der Waals surface area (Å²) in [4.78, 5) is 12.7. The Bertz CT molecular complexity index is 879. The first-order valence-corrected chi connectivity index (χ1v) is 10.7. The lowest BCUT2D eigenvalue weighted by molar-refractivity contribution is -0.198. The second-order valence-corrected chi connectivity index (χ2v) is 8.73. The first-order chi connectivity index (χ1) is 13.7. The van der Waals surface area contributed by atoms with Gasteiger partial charge in [-0.1, -0.05) is 61.5 Å². The van der Waals surface area contributed by atoms with E-state index >= 15 is 0 Å². The molecule has 0 spiro atoms. The maximum atomic E-state index is 12.7. The van der Waals surface area contributed by atoms with Gasteiger partial charge in [0.2, 0.25) is 0 Å². The topological polar surface area (TPSA) is 38.3 Å². The number of ether oxygens (including phenoxy) is 1. The van der Waals surface area contributed by atoms with Gasteiger partial charge >= 0.3 is 0 Å². The lowest BCUT2D eigenvalue weighted by Crippen LogP contribution is -2.73. The molecule has 2 aromatic rings. The molecule has 2 fully saturated rings. The van der Waals surface area contributed by atoms with Crippen molar-refractivity contribution >= 4 is 5.78 Å². The van der Waals surface area contributed by atoms with Crippen molar-refractivity contribution in [3.8, 4) is 0 Å².